The van der Waals surface area contributed by atoms with Gasteiger partial charge in [0, 0.05) is 7.05 Å². The summed E-state index contributed by atoms with van der Waals surface area (Å²) >= 11 is 12.0. The van der Waals surface area contributed by atoms with Gasteiger partial charge in [-0.1, -0.05) is 40.9 Å². The molecule has 0 unspecified atom stereocenters. The highest BCUT2D eigenvalue weighted by Crippen LogP contribution is 2.32. The van der Waals surface area contributed by atoms with Crippen LogP contribution in [0.15, 0.2) is 41.3 Å². The summed E-state index contributed by atoms with van der Waals surface area (Å²) in [6.45, 7) is 1.86. The van der Waals surface area contributed by atoms with Crippen LogP contribution < -0.4 is 10.0 Å². The summed E-state index contributed by atoms with van der Waals surface area (Å²) in [7, 11) is -2.40. The third kappa shape index (κ3) is 3.44. The topological polar surface area (TPSA) is 80.5 Å². The highest BCUT2D eigenvalue weighted by molar-refractivity contribution is 7.92. The number of primary amides is 1. The van der Waals surface area contributed by atoms with Gasteiger partial charge in [0.05, 0.1) is 26.2 Å². The molecular formula is C15H14Cl2N2O3S. The fourth-order valence-electron chi connectivity index (χ4n) is 1.98. The van der Waals surface area contributed by atoms with Crippen molar-refractivity contribution < 1.29 is 13.2 Å². The van der Waals surface area contributed by atoms with Crippen LogP contribution in [0.2, 0.25) is 10.0 Å². The van der Waals surface area contributed by atoms with E-state index in [4.69, 9.17) is 28.9 Å². The van der Waals surface area contributed by atoms with Crippen LogP contribution in [-0.2, 0) is 10.0 Å². The lowest BCUT2D eigenvalue weighted by Crippen LogP contribution is -2.26. The number of hydrogen-bond donors (Lipinski definition) is 1. The van der Waals surface area contributed by atoms with E-state index in [0.717, 1.165) is 9.87 Å². The zero-order valence-corrected chi connectivity index (χ0v) is 14.7. The maximum Gasteiger partial charge on any atom is 0.264 e. The van der Waals surface area contributed by atoms with E-state index in [-0.39, 0.29) is 26.2 Å². The highest BCUT2D eigenvalue weighted by atomic mass is 35.5. The fourth-order valence-corrected chi connectivity index (χ4v) is 3.83. The van der Waals surface area contributed by atoms with Gasteiger partial charge in [0.2, 0.25) is 0 Å². The Morgan fingerprint density at radius 3 is 2.00 bits per heavy atom. The first kappa shape index (κ1) is 17.6. The molecule has 0 heterocycles. The Morgan fingerprint density at radius 2 is 1.57 bits per heavy atom. The van der Waals surface area contributed by atoms with Crippen LogP contribution >= 0.6 is 23.2 Å². The number of rotatable bonds is 4. The second kappa shape index (κ2) is 6.39. The van der Waals surface area contributed by atoms with Crippen molar-refractivity contribution in [2.75, 3.05) is 11.4 Å². The standard InChI is InChI=1S/C15H14Cl2N2O3S/c1-9-3-5-11(6-4-9)23(21,22)19(2)10-7-12(16)14(15(18)20)13(17)8-10/h3-8H,1-2H3,(H2,18,20). The number of nitrogens with zero attached hydrogens (tertiary/aromatic N) is 1. The maximum absolute atomic E-state index is 12.6. The molecule has 0 bridgehead atoms. The van der Waals surface area contributed by atoms with Gasteiger partial charge < -0.3 is 5.73 Å². The van der Waals surface area contributed by atoms with E-state index in [9.17, 15) is 13.2 Å². The predicted molar refractivity (Wildman–Crippen MR) is 91.7 cm³/mol. The summed E-state index contributed by atoms with van der Waals surface area (Å²) in [4.78, 5) is 11.4. The van der Waals surface area contributed by atoms with Crippen LogP contribution in [-0.4, -0.2) is 21.4 Å². The zero-order chi connectivity index (χ0) is 17.4. The van der Waals surface area contributed by atoms with E-state index >= 15 is 0 Å². The first-order valence-electron chi connectivity index (χ1n) is 6.49. The molecule has 0 fully saturated rings. The molecule has 8 heteroatoms. The van der Waals surface area contributed by atoms with Crippen molar-refractivity contribution in [2.45, 2.75) is 11.8 Å². The SMILES string of the molecule is Cc1ccc(S(=O)(=O)N(C)c2cc(Cl)c(C(N)=O)c(Cl)c2)cc1. The maximum atomic E-state index is 12.6. The van der Waals surface area contributed by atoms with Crippen LogP contribution in [0.5, 0.6) is 0 Å². The number of carbonyl (C=O) groups excluding carboxylic acids is 1. The molecule has 5 nitrogen and oxygen atoms in total. The Hall–Kier alpha value is -1.76. The highest BCUT2D eigenvalue weighted by Gasteiger charge is 2.23. The molecule has 0 atom stereocenters. The van der Waals surface area contributed by atoms with Crippen LogP contribution in [0.1, 0.15) is 15.9 Å². The molecule has 2 aromatic rings. The normalized spacial score (nSPS) is 11.3. The van der Waals surface area contributed by atoms with E-state index < -0.39 is 15.9 Å². The summed E-state index contributed by atoms with van der Waals surface area (Å²) in [5, 5.41) is -0.0167. The Bertz CT molecular complexity index is 842. The van der Waals surface area contributed by atoms with Gasteiger partial charge in [0.15, 0.2) is 0 Å². The first-order chi connectivity index (χ1) is 10.6. The van der Waals surface area contributed by atoms with E-state index in [1.807, 2.05) is 6.92 Å². The summed E-state index contributed by atoms with van der Waals surface area (Å²) < 4.78 is 26.3. The minimum Gasteiger partial charge on any atom is -0.366 e. The minimum atomic E-state index is -3.78. The second-order valence-electron chi connectivity index (χ2n) is 4.93. The molecule has 122 valence electrons. The van der Waals surface area contributed by atoms with Crippen molar-refractivity contribution in [3.63, 3.8) is 0 Å². The molecule has 0 saturated heterocycles. The number of amides is 1. The van der Waals surface area contributed by atoms with Crippen molar-refractivity contribution in [2.24, 2.45) is 5.73 Å². The average Bonchev–Trinajstić information content (AvgIpc) is 2.45. The number of halogens is 2. The summed E-state index contributed by atoms with van der Waals surface area (Å²) in [5.74, 6) is -0.782. The molecule has 0 aliphatic carbocycles. The van der Waals surface area contributed by atoms with Crippen LogP contribution in [0.25, 0.3) is 0 Å². The molecule has 0 aliphatic rings. The lowest BCUT2D eigenvalue weighted by atomic mass is 10.2. The predicted octanol–water partition coefficient (Wildman–Crippen LogP) is 3.23. The van der Waals surface area contributed by atoms with Crippen molar-refractivity contribution in [1.82, 2.24) is 0 Å². The van der Waals surface area contributed by atoms with Gasteiger partial charge >= 0.3 is 0 Å². The largest absolute Gasteiger partial charge is 0.366 e. The number of hydrogen-bond acceptors (Lipinski definition) is 3. The lowest BCUT2D eigenvalue weighted by molar-refractivity contribution is 0.100. The fraction of sp³-hybridized carbons (Fsp3) is 0.133. The van der Waals surface area contributed by atoms with Crippen molar-refractivity contribution in [3.8, 4) is 0 Å². The van der Waals surface area contributed by atoms with E-state index in [2.05, 4.69) is 0 Å². The number of nitrogens with two attached hydrogens (primary N) is 1. The molecule has 0 aromatic heterocycles. The lowest BCUT2D eigenvalue weighted by Gasteiger charge is -2.21. The van der Waals surface area contributed by atoms with E-state index in [0.29, 0.717) is 0 Å². The van der Waals surface area contributed by atoms with Crippen molar-refractivity contribution in [1.29, 1.82) is 0 Å². The Kier molecular flexibility index (Phi) is 4.89. The monoisotopic (exact) mass is 372 g/mol. The van der Waals surface area contributed by atoms with Gasteiger partial charge in [0.1, 0.15) is 0 Å². The smallest absolute Gasteiger partial charge is 0.264 e. The van der Waals surface area contributed by atoms with Crippen molar-refractivity contribution >= 4 is 44.8 Å². The molecule has 2 N–H and O–H groups in total. The van der Waals surface area contributed by atoms with Gasteiger partial charge in [-0.3, -0.25) is 9.10 Å². The van der Waals surface area contributed by atoms with Gasteiger partial charge in [-0.05, 0) is 31.2 Å². The quantitative estimate of drug-likeness (QED) is 0.894. The minimum absolute atomic E-state index is 0.00837. The number of sulfonamides is 1. The number of benzene rings is 2. The third-order valence-electron chi connectivity index (χ3n) is 3.32. The van der Waals surface area contributed by atoms with E-state index in [1.54, 1.807) is 12.1 Å². The Labute approximate surface area is 144 Å². The summed E-state index contributed by atoms with van der Waals surface area (Å²) in [6, 6.07) is 9.11. The third-order valence-corrected chi connectivity index (χ3v) is 5.71. The second-order valence-corrected chi connectivity index (χ2v) is 7.72. The van der Waals surface area contributed by atoms with Crippen LogP contribution in [0.4, 0.5) is 5.69 Å². The molecule has 1 amide bonds. The summed E-state index contributed by atoms with van der Waals surface area (Å²) in [6.07, 6.45) is 0. The van der Waals surface area contributed by atoms with E-state index in [1.165, 1.54) is 31.3 Å². The number of aryl methyl sites for hydroxylation is 1. The van der Waals surface area contributed by atoms with Gasteiger partial charge in [0.25, 0.3) is 15.9 Å². The average molecular weight is 373 g/mol. The zero-order valence-electron chi connectivity index (χ0n) is 12.4. The molecule has 23 heavy (non-hydrogen) atoms. The Morgan fingerprint density at radius 1 is 1.09 bits per heavy atom. The van der Waals surface area contributed by atoms with Gasteiger partial charge in [-0.2, -0.15) is 0 Å². The molecule has 0 radical (unpaired) electrons. The van der Waals surface area contributed by atoms with Crippen LogP contribution in [0.3, 0.4) is 0 Å². The molecule has 2 rings (SSSR count). The molecule has 0 spiro atoms. The molecule has 0 aliphatic heterocycles. The van der Waals surface area contributed by atoms with Crippen molar-refractivity contribution in [3.05, 3.63) is 57.6 Å². The molecule has 2 aromatic carbocycles. The van der Waals surface area contributed by atoms with Crippen LogP contribution in [0, 0.1) is 6.92 Å². The number of anilines is 1. The first-order valence-corrected chi connectivity index (χ1v) is 8.68. The van der Waals surface area contributed by atoms with Gasteiger partial charge in [-0.15, -0.1) is 0 Å². The number of carbonyl (C=O) groups is 1. The summed E-state index contributed by atoms with van der Waals surface area (Å²) in [5.41, 5.74) is 6.32. The Balaban J connectivity index is 2.50. The molecular weight excluding hydrogens is 359 g/mol. The van der Waals surface area contributed by atoms with Gasteiger partial charge in [-0.25, -0.2) is 8.42 Å². The molecule has 0 saturated carbocycles.